The van der Waals surface area contributed by atoms with Crippen LogP contribution in [0.15, 0.2) is 42.5 Å². The van der Waals surface area contributed by atoms with Gasteiger partial charge >= 0.3 is 0 Å². The lowest BCUT2D eigenvalue weighted by Gasteiger charge is -2.19. The van der Waals surface area contributed by atoms with Crippen LogP contribution in [0.2, 0.25) is 0 Å². The summed E-state index contributed by atoms with van der Waals surface area (Å²) in [4.78, 5) is 23.4. The van der Waals surface area contributed by atoms with Gasteiger partial charge in [-0.25, -0.2) is 0 Å². The molecule has 5 nitrogen and oxygen atoms in total. The molecule has 0 unspecified atom stereocenters. The number of nitro groups is 1. The van der Waals surface area contributed by atoms with Crippen molar-refractivity contribution in [2.75, 3.05) is 11.4 Å². The third kappa shape index (κ3) is 1.93. The minimum Gasteiger partial charge on any atom is -0.341 e. The van der Waals surface area contributed by atoms with Crippen LogP contribution >= 0.6 is 0 Å². The van der Waals surface area contributed by atoms with E-state index >= 15 is 0 Å². The first-order valence-corrected chi connectivity index (χ1v) is 6.30. The highest BCUT2D eigenvalue weighted by Crippen LogP contribution is 2.35. The first-order chi connectivity index (χ1) is 9.70. The largest absolute Gasteiger partial charge is 0.341 e. The Bertz CT molecular complexity index is 697. The number of nitro benzene ring substituents is 1. The lowest BCUT2D eigenvalue weighted by Crippen LogP contribution is -2.13. The molecular weight excluding hydrogens is 256 g/mol. The maximum absolute atomic E-state index is 11.0. The van der Waals surface area contributed by atoms with Crippen molar-refractivity contribution in [3.8, 4) is 0 Å². The second-order valence-corrected chi connectivity index (χ2v) is 4.65. The fourth-order valence-electron chi connectivity index (χ4n) is 2.58. The number of carbonyl (C=O) groups excluding carboxylic acids is 1. The first kappa shape index (κ1) is 12.3. The summed E-state index contributed by atoms with van der Waals surface area (Å²) in [7, 11) is 0. The number of hydrogen-bond acceptors (Lipinski definition) is 4. The summed E-state index contributed by atoms with van der Waals surface area (Å²) in [5.74, 6) is 0. The molecule has 2 aromatic rings. The maximum atomic E-state index is 11.0. The van der Waals surface area contributed by atoms with Gasteiger partial charge in [-0.2, -0.15) is 0 Å². The smallest absolute Gasteiger partial charge is 0.280 e. The summed E-state index contributed by atoms with van der Waals surface area (Å²) >= 11 is 0. The highest BCUT2D eigenvalue weighted by Gasteiger charge is 2.22. The molecule has 0 aliphatic carbocycles. The fraction of sp³-hybridized carbons (Fsp3) is 0.133. The monoisotopic (exact) mass is 268 g/mol. The quantitative estimate of drug-likeness (QED) is 0.487. The molecule has 0 atom stereocenters. The van der Waals surface area contributed by atoms with Gasteiger partial charge in [-0.1, -0.05) is 18.2 Å². The number of benzene rings is 2. The Balaban J connectivity index is 2.04. The molecule has 0 saturated carbocycles. The number of anilines is 2. The lowest BCUT2D eigenvalue weighted by molar-refractivity contribution is -0.385. The minimum absolute atomic E-state index is 0.108. The Labute approximate surface area is 115 Å². The third-order valence-electron chi connectivity index (χ3n) is 3.53. The van der Waals surface area contributed by atoms with Gasteiger partial charge in [0.05, 0.1) is 10.5 Å². The summed E-state index contributed by atoms with van der Waals surface area (Å²) in [6.45, 7) is 0.815. The van der Waals surface area contributed by atoms with Gasteiger partial charge in [-0.3, -0.25) is 14.9 Å². The molecule has 2 aromatic carbocycles. The van der Waals surface area contributed by atoms with Gasteiger partial charge in [0.15, 0.2) is 6.29 Å². The molecule has 0 fully saturated rings. The van der Waals surface area contributed by atoms with Gasteiger partial charge < -0.3 is 4.90 Å². The SMILES string of the molecule is O=Cc1cc(N2CCc3ccccc32)ccc1[N+](=O)[O-]. The Hall–Kier alpha value is -2.69. The highest BCUT2D eigenvalue weighted by molar-refractivity contribution is 5.85. The molecule has 100 valence electrons. The van der Waals surface area contributed by atoms with Crippen molar-refractivity contribution in [1.29, 1.82) is 0 Å². The summed E-state index contributed by atoms with van der Waals surface area (Å²) in [5.41, 5.74) is 3.10. The van der Waals surface area contributed by atoms with Crippen molar-refractivity contribution < 1.29 is 9.72 Å². The molecule has 0 bridgehead atoms. The predicted octanol–water partition coefficient (Wildman–Crippen LogP) is 3.10. The van der Waals surface area contributed by atoms with E-state index in [1.165, 1.54) is 11.6 Å². The molecule has 0 radical (unpaired) electrons. The molecular formula is C15H12N2O3. The molecule has 1 aliphatic heterocycles. The Morgan fingerprint density at radius 3 is 2.75 bits per heavy atom. The van der Waals surface area contributed by atoms with E-state index < -0.39 is 4.92 Å². The van der Waals surface area contributed by atoms with E-state index in [1.54, 1.807) is 12.1 Å². The van der Waals surface area contributed by atoms with Crippen LogP contribution in [-0.4, -0.2) is 17.8 Å². The van der Waals surface area contributed by atoms with Crippen molar-refractivity contribution in [3.63, 3.8) is 0 Å². The van der Waals surface area contributed by atoms with Gasteiger partial charge in [0.25, 0.3) is 5.69 Å². The number of carbonyl (C=O) groups is 1. The normalized spacial score (nSPS) is 13.1. The predicted molar refractivity (Wildman–Crippen MR) is 75.6 cm³/mol. The van der Waals surface area contributed by atoms with Crippen LogP contribution in [0.25, 0.3) is 0 Å². The first-order valence-electron chi connectivity index (χ1n) is 6.30. The molecule has 0 N–H and O–H groups in total. The molecule has 1 heterocycles. The topological polar surface area (TPSA) is 63.5 Å². The molecule has 5 heteroatoms. The van der Waals surface area contributed by atoms with Crippen molar-refractivity contribution in [3.05, 3.63) is 63.7 Å². The molecule has 0 amide bonds. The zero-order valence-corrected chi connectivity index (χ0v) is 10.7. The van der Waals surface area contributed by atoms with Gasteiger partial charge in [-0.05, 0) is 30.2 Å². The standard InChI is InChI=1S/C15H12N2O3/c18-10-12-9-13(5-6-15(12)17(19)20)16-8-7-11-3-1-2-4-14(11)16/h1-6,9-10H,7-8H2. The highest BCUT2D eigenvalue weighted by atomic mass is 16.6. The summed E-state index contributed by atoms with van der Waals surface area (Å²) in [5, 5.41) is 10.8. The summed E-state index contributed by atoms with van der Waals surface area (Å²) < 4.78 is 0. The van der Waals surface area contributed by atoms with Crippen molar-refractivity contribution in [1.82, 2.24) is 0 Å². The van der Waals surface area contributed by atoms with Crippen LogP contribution in [0.1, 0.15) is 15.9 Å². The Kier molecular flexibility index (Phi) is 2.95. The number of fused-ring (bicyclic) bond motifs is 1. The molecule has 0 spiro atoms. The minimum atomic E-state index is -0.536. The summed E-state index contributed by atoms with van der Waals surface area (Å²) in [6.07, 6.45) is 1.47. The molecule has 20 heavy (non-hydrogen) atoms. The van der Waals surface area contributed by atoms with E-state index in [-0.39, 0.29) is 11.3 Å². The van der Waals surface area contributed by atoms with Crippen molar-refractivity contribution >= 4 is 23.3 Å². The number of rotatable bonds is 3. The number of aldehydes is 1. The van der Waals surface area contributed by atoms with Crippen LogP contribution in [0, 0.1) is 10.1 Å². The summed E-state index contributed by atoms with van der Waals surface area (Å²) in [6, 6.07) is 12.7. The van der Waals surface area contributed by atoms with E-state index in [0.717, 1.165) is 24.3 Å². The van der Waals surface area contributed by atoms with E-state index in [0.29, 0.717) is 6.29 Å². The van der Waals surface area contributed by atoms with E-state index in [1.807, 2.05) is 18.2 Å². The number of nitrogens with zero attached hydrogens (tertiary/aromatic N) is 2. The molecule has 1 aliphatic rings. The van der Waals surface area contributed by atoms with Gasteiger partial charge in [-0.15, -0.1) is 0 Å². The van der Waals surface area contributed by atoms with E-state index in [2.05, 4.69) is 11.0 Å². The molecule has 0 saturated heterocycles. The van der Waals surface area contributed by atoms with Crippen LogP contribution in [0.4, 0.5) is 17.1 Å². The number of para-hydroxylation sites is 1. The zero-order chi connectivity index (χ0) is 14.1. The molecule has 0 aromatic heterocycles. The van der Waals surface area contributed by atoms with E-state index in [4.69, 9.17) is 0 Å². The van der Waals surface area contributed by atoms with Gasteiger partial charge in [0.1, 0.15) is 0 Å². The average Bonchev–Trinajstić information content (AvgIpc) is 2.90. The maximum Gasteiger partial charge on any atom is 0.280 e. The second-order valence-electron chi connectivity index (χ2n) is 4.65. The molecule has 3 rings (SSSR count). The van der Waals surface area contributed by atoms with Crippen LogP contribution in [0.5, 0.6) is 0 Å². The zero-order valence-electron chi connectivity index (χ0n) is 10.7. The average molecular weight is 268 g/mol. The lowest BCUT2D eigenvalue weighted by atomic mass is 10.1. The van der Waals surface area contributed by atoms with Crippen molar-refractivity contribution in [2.45, 2.75) is 6.42 Å². The Morgan fingerprint density at radius 2 is 2.00 bits per heavy atom. The van der Waals surface area contributed by atoms with Gasteiger partial charge in [0, 0.05) is 24.0 Å². The third-order valence-corrected chi connectivity index (χ3v) is 3.53. The van der Waals surface area contributed by atoms with E-state index in [9.17, 15) is 14.9 Å². The van der Waals surface area contributed by atoms with Crippen LogP contribution < -0.4 is 4.90 Å². The Morgan fingerprint density at radius 1 is 1.20 bits per heavy atom. The fourth-order valence-corrected chi connectivity index (χ4v) is 2.58. The van der Waals surface area contributed by atoms with Crippen molar-refractivity contribution in [2.24, 2.45) is 0 Å². The van der Waals surface area contributed by atoms with Crippen LogP contribution in [-0.2, 0) is 6.42 Å². The van der Waals surface area contributed by atoms with Gasteiger partial charge in [0.2, 0.25) is 0 Å². The number of hydrogen-bond donors (Lipinski definition) is 0. The van der Waals surface area contributed by atoms with Crippen LogP contribution in [0.3, 0.4) is 0 Å². The second kappa shape index (κ2) is 4.77.